The van der Waals surface area contributed by atoms with Crippen molar-refractivity contribution >= 4 is 42.5 Å². The average Bonchev–Trinajstić information content (AvgIpc) is 3.29. The van der Waals surface area contributed by atoms with Gasteiger partial charge in [-0.1, -0.05) is 32.4 Å². The zero-order valence-electron chi connectivity index (χ0n) is 23.7. The molecule has 4 aromatic rings. The van der Waals surface area contributed by atoms with Crippen molar-refractivity contribution < 1.29 is 9.16 Å². The fourth-order valence-electron chi connectivity index (χ4n) is 4.08. The first-order valence-corrected chi connectivity index (χ1v) is 16.2. The Balaban J connectivity index is 1.70. The normalized spacial score (nSPS) is 12.2. The molecular weight excluding hydrogens is 514 g/mol. The lowest BCUT2D eigenvalue weighted by atomic mass is 10.1. The van der Waals surface area contributed by atoms with E-state index in [9.17, 15) is 0 Å². The van der Waals surface area contributed by atoms with E-state index in [1.165, 1.54) is 0 Å². The summed E-state index contributed by atoms with van der Waals surface area (Å²) in [7, 11) is 1.74. The third kappa shape index (κ3) is 6.03. The number of methoxy groups -OCH3 is 1. The summed E-state index contributed by atoms with van der Waals surface area (Å²) in [5.41, 5.74) is 5.24. The molecule has 4 rings (SSSR count). The van der Waals surface area contributed by atoms with Crippen LogP contribution in [0, 0.1) is 6.92 Å². The molecule has 1 aromatic carbocycles. The highest BCUT2D eigenvalue weighted by atomic mass is 35.5. The topological polar surface area (TPSA) is 65.3 Å². The Morgan fingerprint density at radius 1 is 1.11 bits per heavy atom. The molecule has 7 nitrogen and oxygen atoms in total. The molecule has 202 valence electrons. The summed E-state index contributed by atoms with van der Waals surface area (Å²) in [5.74, 6) is 1.60. The number of rotatable bonds is 9. The lowest BCUT2D eigenvalue weighted by molar-refractivity contribution is 0.284. The van der Waals surface area contributed by atoms with Gasteiger partial charge in [-0.3, -0.25) is 9.67 Å². The fourth-order valence-corrected chi connectivity index (χ4v) is 5.47. The number of aromatic nitrogens is 4. The van der Waals surface area contributed by atoms with E-state index in [0.717, 1.165) is 52.4 Å². The molecule has 0 fully saturated rings. The van der Waals surface area contributed by atoms with Gasteiger partial charge in [0.25, 0.3) is 0 Å². The minimum Gasteiger partial charge on any atom is -0.497 e. The van der Waals surface area contributed by atoms with Gasteiger partial charge < -0.3 is 14.1 Å². The van der Waals surface area contributed by atoms with E-state index < -0.39 is 8.32 Å². The molecule has 0 radical (unpaired) electrons. The maximum Gasteiger partial charge on any atom is 0.191 e. The van der Waals surface area contributed by atoms with Crippen LogP contribution in [0.4, 0.5) is 11.5 Å². The summed E-state index contributed by atoms with van der Waals surface area (Å²) in [6.45, 7) is 14.9. The summed E-state index contributed by atoms with van der Waals surface area (Å²) in [6, 6.07) is 10.2. The second-order valence-electron chi connectivity index (χ2n) is 11.2. The van der Waals surface area contributed by atoms with E-state index in [2.05, 4.69) is 61.8 Å². The number of anilines is 2. The van der Waals surface area contributed by atoms with Gasteiger partial charge in [0.15, 0.2) is 8.32 Å². The Labute approximate surface area is 231 Å². The van der Waals surface area contributed by atoms with E-state index in [0.29, 0.717) is 17.1 Å². The molecular formula is C29H38ClN5O2Si. The maximum absolute atomic E-state index is 6.91. The van der Waals surface area contributed by atoms with Crippen LogP contribution in [0.15, 0.2) is 48.9 Å². The number of benzene rings is 1. The van der Waals surface area contributed by atoms with E-state index >= 15 is 0 Å². The largest absolute Gasteiger partial charge is 0.497 e. The standard InChI is InChI=1S/C29H38ClN5O2Si/c1-20-14-22(16-23(15-20)36-6)35(12-9-13-37-38(7,8)29(2,3)4)26-11-10-25-28(33-26)27(30)24(18-31-25)21-17-32-34(5)19-21/h10-11,14-19H,9,12-13H2,1-8H3. The van der Waals surface area contributed by atoms with Gasteiger partial charge in [-0.25, -0.2) is 4.98 Å². The number of nitrogens with zero attached hydrogens (tertiary/aromatic N) is 5. The van der Waals surface area contributed by atoms with Crippen LogP contribution in [-0.4, -0.2) is 48.3 Å². The number of aryl methyl sites for hydroxylation is 2. The molecule has 0 amide bonds. The molecule has 0 atom stereocenters. The molecule has 38 heavy (non-hydrogen) atoms. The van der Waals surface area contributed by atoms with Crippen LogP contribution in [0.25, 0.3) is 22.2 Å². The van der Waals surface area contributed by atoms with Gasteiger partial charge in [0.1, 0.15) is 17.1 Å². The van der Waals surface area contributed by atoms with Crippen molar-refractivity contribution in [2.24, 2.45) is 7.05 Å². The first-order valence-electron chi connectivity index (χ1n) is 12.9. The Morgan fingerprint density at radius 2 is 1.87 bits per heavy atom. The summed E-state index contributed by atoms with van der Waals surface area (Å²) < 4.78 is 13.8. The molecule has 0 unspecified atom stereocenters. The minimum absolute atomic E-state index is 0.173. The van der Waals surface area contributed by atoms with Crippen molar-refractivity contribution in [3.63, 3.8) is 0 Å². The first-order chi connectivity index (χ1) is 17.9. The molecule has 0 spiro atoms. The first kappa shape index (κ1) is 28.1. The highest BCUT2D eigenvalue weighted by molar-refractivity contribution is 6.74. The van der Waals surface area contributed by atoms with E-state index in [1.807, 2.05) is 37.5 Å². The Bertz CT molecular complexity index is 1430. The predicted molar refractivity (Wildman–Crippen MR) is 159 cm³/mol. The van der Waals surface area contributed by atoms with Gasteiger partial charge in [-0.2, -0.15) is 5.10 Å². The smallest absolute Gasteiger partial charge is 0.191 e. The molecule has 0 saturated carbocycles. The molecule has 0 aliphatic heterocycles. The van der Waals surface area contributed by atoms with Crippen LogP contribution in [0.3, 0.4) is 0 Å². The molecule has 3 aromatic heterocycles. The lowest BCUT2D eigenvalue weighted by Crippen LogP contribution is -2.41. The highest BCUT2D eigenvalue weighted by Gasteiger charge is 2.36. The zero-order chi connectivity index (χ0) is 27.7. The van der Waals surface area contributed by atoms with E-state index in [1.54, 1.807) is 24.2 Å². The van der Waals surface area contributed by atoms with E-state index in [4.69, 9.17) is 25.7 Å². The maximum atomic E-state index is 6.91. The van der Waals surface area contributed by atoms with Crippen molar-refractivity contribution in [2.45, 2.75) is 52.2 Å². The SMILES string of the molecule is COc1cc(C)cc(N(CCCO[Si](C)(C)C(C)(C)C)c2ccc3ncc(-c4cnn(C)c4)c(Cl)c3n2)c1. The third-order valence-electron chi connectivity index (χ3n) is 7.31. The van der Waals surface area contributed by atoms with Gasteiger partial charge in [0, 0.05) is 55.5 Å². The molecule has 0 N–H and O–H groups in total. The summed E-state index contributed by atoms with van der Waals surface area (Å²) in [6.07, 6.45) is 6.34. The Kier molecular flexibility index (Phi) is 8.16. The molecule has 0 aliphatic rings. The highest BCUT2D eigenvalue weighted by Crippen LogP contribution is 2.37. The minimum atomic E-state index is -1.83. The van der Waals surface area contributed by atoms with Crippen LogP contribution in [-0.2, 0) is 11.5 Å². The summed E-state index contributed by atoms with van der Waals surface area (Å²) >= 11 is 6.91. The van der Waals surface area contributed by atoms with Crippen molar-refractivity contribution in [1.29, 1.82) is 0 Å². The molecule has 0 bridgehead atoms. The lowest BCUT2D eigenvalue weighted by Gasteiger charge is -2.36. The van der Waals surface area contributed by atoms with Crippen molar-refractivity contribution in [2.75, 3.05) is 25.2 Å². The van der Waals surface area contributed by atoms with Crippen LogP contribution in [0.2, 0.25) is 23.2 Å². The van der Waals surface area contributed by atoms with Gasteiger partial charge in [0.05, 0.1) is 23.8 Å². The van der Waals surface area contributed by atoms with Crippen LogP contribution in [0.1, 0.15) is 32.8 Å². The Hall–Kier alpha value is -2.94. The van der Waals surface area contributed by atoms with Gasteiger partial charge in [0.2, 0.25) is 0 Å². The molecule has 3 heterocycles. The average molecular weight is 552 g/mol. The van der Waals surface area contributed by atoms with Crippen LogP contribution >= 0.6 is 11.6 Å². The van der Waals surface area contributed by atoms with Gasteiger partial charge >= 0.3 is 0 Å². The molecule has 0 saturated heterocycles. The number of ether oxygens (including phenoxy) is 1. The van der Waals surface area contributed by atoms with Crippen molar-refractivity contribution in [1.82, 2.24) is 19.7 Å². The summed E-state index contributed by atoms with van der Waals surface area (Å²) in [5, 5.41) is 5.01. The van der Waals surface area contributed by atoms with Gasteiger partial charge in [-0.05, 0) is 61.3 Å². The van der Waals surface area contributed by atoms with Crippen LogP contribution < -0.4 is 9.64 Å². The number of pyridine rings is 2. The number of hydrogen-bond donors (Lipinski definition) is 0. The van der Waals surface area contributed by atoms with E-state index in [-0.39, 0.29) is 5.04 Å². The number of fused-ring (bicyclic) bond motifs is 1. The van der Waals surface area contributed by atoms with Gasteiger partial charge in [-0.15, -0.1) is 0 Å². The summed E-state index contributed by atoms with van der Waals surface area (Å²) in [4.78, 5) is 11.9. The Morgan fingerprint density at radius 3 is 2.53 bits per heavy atom. The van der Waals surface area contributed by atoms with Crippen molar-refractivity contribution in [3.05, 3.63) is 59.5 Å². The second-order valence-corrected chi connectivity index (χ2v) is 16.4. The zero-order valence-corrected chi connectivity index (χ0v) is 25.4. The number of halogens is 1. The third-order valence-corrected chi connectivity index (χ3v) is 12.2. The molecule has 0 aliphatic carbocycles. The van der Waals surface area contributed by atoms with Crippen LogP contribution in [0.5, 0.6) is 5.75 Å². The van der Waals surface area contributed by atoms with Crippen molar-refractivity contribution in [3.8, 4) is 16.9 Å². The second kappa shape index (κ2) is 11.0. The quantitative estimate of drug-likeness (QED) is 0.158. The monoisotopic (exact) mass is 551 g/mol. The fraction of sp³-hybridized carbons (Fsp3) is 0.414. The molecule has 9 heteroatoms. The predicted octanol–water partition coefficient (Wildman–Crippen LogP) is 7.55. The number of hydrogen-bond acceptors (Lipinski definition) is 6.